The Hall–Kier alpha value is 0.751. The second kappa shape index (κ2) is 28.3. The third kappa shape index (κ3) is 20.2. The maximum atomic E-state index is 16.0. The van der Waals surface area contributed by atoms with Gasteiger partial charge in [0.05, 0.1) is 16.1 Å². The van der Waals surface area contributed by atoms with Gasteiger partial charge in [-0.2, -0.15) is 0 Å². The lowest BCUT2D eigenvalue weighted by molar-refractivity contribution is 0.122. The van der Waals surface area contributed by atoms with Gasteiger partial charge in [0.1, 0.15) is 5.67 Å². The zero-order chi connectivity index (χ0) is 42.1. The molecule has 19 heteroatoms. The molecule has 0 aliphatic rings. The van der Waals surface area contributed by atoms with E-state index >= 15 is 4.39 Å². The molecule has 0 atom stereocenters. The summed E-state index contributed by atoms with van der Waals surface area (Å²) in [5, 5.41) is 0. The lowest BCUT2D eigenvalue weighted by Crippen LogP contribution is -2.44. The minimum atomic E-state index is -2.63. The van der Waals surface area contributed by atoms with E-state index in [1.165, 1.54) is 0 Å². The summed E-state index contributed by atoms with van der Waals surface area (Å²) in [6.07, 6.45) is 9.07. The van der Waals surface area contributed by atoms with Crippen LogP contribution in [-0.2, 0) is 53.1 Å². The van der Waals surface area contributed by atoms with E-state index in [9.17, 15) is 0 Å². The molecule has 0 saturated carbocycles. The molecule has 0 unspecified atom stereocenters. The molecule has 0 bridgehead atoms. The van der Waals surface area contributed by atoms with Gasteiger partial charge in [-0.25, -0.2) is 4.39 Å². The van der Waals surface area contributed by atoms with Crippen molar-refractivity contribution in [1.29, 1.82) is 0 Å². The number of halogens is 1. The Morgan fingerprint density at radius 1 is 0.309 bits per heavy atom. The van der Waals surface area contributed by atoms with Crippen molar-refractivity contribution in [1.82, 2.24) is 0 Å². The maximum Gasteiger partial charge on any atom is 0.500 e. The predicted octanol–water partition coefficient (Wildman–Crippen LogP) is 9.29. The minimum absolute atomic E-state index is 0.599. The highest BCUT2D eigenvalue weighted by Gasteiger charge is 2.42. The molecule has 12 nitrogen and oxygen atoms in total. The molecular formula is C36H85FO12Si6. The molecule has 0 spiro atoms. The number of rotatable bonds is 38. The van der Waals surface area contributed by atoms with Crippen molar-refractivity contribution >= 4 is 51.4 Å². The second-order valence-electron chi connectivity index (χ2n) is 16.0. The van der Waals surface area contributed by atoms with Gasteiger partial charge in [0.15, 0.2) is 0 Å². The Morgan fingerprint density at radius 2 is 0.491 bits per heavy atom. The molecule has 0 heterocycles. The first-order valence-electron chi connectivity index (χ1n) is 20.3. The van der Waals surface area contributed by atoms with Crippen LogP contribution in [0.4, 0.5) is 4.39 Å². The van der Waals surface area contributed by atoms with E-state index in [1.54, 1.807) is 85.3 Å². The summed E-state index contributed by atoms with van der Waals surface area (Å²) in [5.41, 5.74) is -1.17. The van der Waals surface area contributed by atoms with Crippen LogP contribution in [0.3, 0.4) is 0 Å². The number of hydrogen-bond donors (Lipinski definition) is 0. The second-order valence-corrected chi connectivity index (χ2v) is 38.7. The van der Waals surface area contributed by atoms with Crippen molar-refractivity contribution in [3.63, 3.8) is 0 Å². The molecular weight excluding hydrogens is 812 g/mol. The van der Waals surface area contributed by atoms with E-state index in [4.69, 9.17) is 53.1 Å². The Bertz CT molecular complexity index is 803. The van der Waals surface area contributed by atoms with Crippen molar-refractivity contribution in [2.24, 2.45) is 0 Å². The molecule has 0 radical (unpaired) electrons. The van der Waals surface area contributed by atoms with Crippen molar-refractivity contribution in [3.05, 3.63) is 0 Å². The van der Waals surface area contributed by atoms with Gasteiger partial charge >= 0.3 is 35.2 Å². The molecule has 0 aliphatic heterocycles. The first kappa shape index (κ1) is 55.8. The topological polar surface area (TPSA) is 111 Å². The first-order valence-corrected chi connectivity index (χ1v) is 34.3. The molecule has 55 heavy (non-hydrogen) atoms. The summed E-state index contributed by atoms with van der Waals surface area (Å²) in [4.78, 5) is 0. The van der Waals surface area contributed by atoms with E-state index in [2.05, 4.69) is 13.1 Å². The van der Waals surface area contributed by atoms with Crippen LogP contribution in [0.5, 0.6) is 0 Å². The Morgan fingerprint density at radius 3 is 0.673 bits per heavy atom. The summed E-state index contributed by atoms with van der Waals surface area (Å²) in [6.45, 7) is 6.81. The quantitative estimate of drug-likeness (QED) is 0.0435. The van der Waals surface area contributed by atoms with E-state index < -0.39 is 57.0 Å². The van der Waals surface area contributed by atoms with Gasteiger partial charge in [-0.3, -0.25) is 0 Å². The summed E-state index contributed by atoms with van der Waals surface area (Å²) in [7, 11) is 6.21. The van der Waals surface area contributed by atoms with Crippen LogP contribution in [0.1, 0.15) is 71.1 Å². The first-order chi connectivity index (χ1) is 26.0. The average Bonchev–Trinajstić information content (AvgIpc) is 3.20. The number of unbranched alkanes of at least 4 members (excludes halogenated alkanes) is 2. The van der Waals surface area contributed by atoms with E-state index in [0.717, 1.165) is 112 Å². The molecule has 0 rings (SSSR count). The zero-order valence-corrected chi connectivity index (χ0v) is 43.9. The van der Waals surface area contributed by atoms with Crippen molar-refractivity contribution < 1.29 is 57.5 Å². The van der Waals surface area contributed by atoms with Gasteiger partial charge in [-0.15, -0.1) is 0 Å². The summed E-state index contributed by atoms with van der Waals surface area (Å²) < 4.78 is 84.4. The van der Waals surface area contributed by atoms with Gasteiger partial charge < -0.3 is 53.1 Å². The zero-order valence-electron chi connectivity index (χ0n) is 37.9. The molecule has 332 valence electrons. The Balaban J connectivity index is 5.37. The predicted molar refractivity (Wildman–Crippen MR) is 234 cm³/mol. The highest BCUT2D eigenvalue weighted by Crippen LogP contribution is 2.35. The van der Waals surface area contributed by atoms with E-state index in [-0.39, 0.29) is 0 Å². The summed E-state index contributed by atoms with van der Waals surface area (Å²) in [5.74, 6) is 0. The lowest BCUT2D eigenvalue weighted by Gasteiger charge is -2.32. The van der Waals surface area contributed by atoms with Crippen LogP contribution >= 0.6 is 0 Å². The molecule has 0 fully saturated rings. The molecule has 0 aliphatic carbocycles. The van der Waals surface area contributed by atoms with Crippen LogP contribution in [0.2, 0.25) is 73.5 Å². The van der Waals surface area contributed by atoms with Crippen LogP contribution in [0.25, 0.3) is 0 Å². The summed E-state index contributed by atoms with van der Waals surface area (Å²) in [6, 6.07) is 10.1. The van der Waals surface area contributed by atoms with Gasteiger partial charge in [0, 0.05) is 109 Å². The van der Waals surface area contributed by atoms with Gasteiger partial charge in [-0.05, 0) is 19.8 Å². The minimum Gasteiger partial charge on any atom is -0.377 e. The van der Waals surface area contributed by atoms with Crippen molar-refractivity contribution in [2.45, 2.75) is 150 Å². The molecule has 0 aromatic rings. The van der Waals surface area contributed by atoms with Crippen LogP contribution in [0.15, 0.2) is 0 Å². The Kier molecular flexibility index (Phi) is 28.7. The van der Waals surface area contributed by atoms with E-state index in [1.807, 2.05) is 6.92 Å². The maximum absolute atomic E-state index is 16.0. The monoisotopic (exact) mass is 896 g/mol. The largest absolute Gasteiger partial charge is 0.500 e. The third-order valence-electron chi connectivity index (χ3n) is 12.2. The van der Waals surface area contributed by atoms with Crippen LogP contribution < -0.4 is 0 Å². The standard InChI is InChI=1S/C36H85FO12Si6/c1-36(37,24-16-18-26-50(14,28-20-32-52(38-2,39-3)40-4)29-21-33-53(41-5,42-6)43-7)25-17-19-27-51(15,30-22-34-54(44-8,45-9)46-10)31-23-35-55(47-11,48-12)49-13/h16-35H2,1-15H3. The highest BCUT2D eigenvalue weighted by atomic mass is 28.4. The van der Waals surface area contributed by atoms with E-state index in [0.29, 0.717) is 12.8 Å². The fourth-order valence-corrected chi connectivity index (χ4v) is 24.2. The SMILES string of the molecule is CO[Si](CCC[Si](C)(CCCCC(C)(F)CCCC[Si](C)(CCC[Si](OC)(OC)OC)CCC[Si](OC)(OC)OC)CCC[Si](OC)(OC)OC)(OC)OC. The average molecular weight is 898 g/mol. The number of hydrogen-bond acceptors (Lipinski definition) is 12. The fourth-order valence-electron chi connectivity index (χ4n) is 8.12. The highest BCUT2D eigenvalue weighted by molar-refractivity contribution is 6.79. The molecule has 0 amide bonds. The van der Waals surface area contributed by atoms with Crippen LogP contribution in [-0.4, -0.2) is 142 Å². The molecule has 0 aromatic heterocycles. The fraction of sp³-hybridized carbons (Fsp3) is 1.00. The van der Waals surface area contributed by atoms with Gasteiger partial charge in [-0.1, -0.05) is 101 Å². The smallest absolute Gasteiger partial charge is 0.377 e. The molecule has 0 saturated heterocycles. The molecule has 0 aromatic carbocycles. The van der Waals surface area contributed by atoms with Gasteiger partial charge in [0.2, 0.25) is 0 Å². The number of alkyl halides is 1. The molecule has 0 N–H and O–H groups in total. The van der Waals surface area contributed by atoms with Gasteiger partial charge in [0.25, 0.3) is 0 Å². The lowest BCUT2D eigenvalue weighted by atomic mass is 9.95. The van der Waals surface area contributed by atoms with Crippen molar-refractivity contribution in [2.75, 3.05) is 85.3 Å². The summed E-state index contributed by atoms with van der Waals surface area (Å²) >= 11 is 0. The van der Waals surface area contributed by atoms with Crippen LogP contribution in [0, 0.1) is 0 Å². The Labute approximate surface area is 343 Å². The third-order valence-corrected chi connectivity index (χ3v) is 32.9. The van der Waals surface area contributed by atoms with Crippen molar-refractivity contribution in [3.8, 4) is 0 Å². The normalized spacial score (nSPS) is 14.0.